The lowest BCUT2D eigenvalue weighted by Gasteiger charge is -2.21. The summed E-state index contributed by atoms with van der Waals surface area (Å²) >= 11 is 7.37. The minimum Gasteiger partial charge on any atom is -0.357 e. The maximum Gasteiger partial charge on any atom is 0.214 e. The fourth-order valence-electron chi connectivity index (χ4n) is 2.97. The van der Waals surface area contributed by atoms with Crippen LogP contribution in [0.2, 0.25) is 5.02 Å². The fraction of sp³-hybridized carbons (Fsp3) is 0.375. The number of nitrogens with zero attached hydrogens (tertiary/aromatic N) is 3. The number of benzene rings is 1. The first-order valence-corrected chi connectivity index (χ1v) is 8.97. The van der Waals surface area contributed by atoms with Crippen molar-refractivity contribution in [1.82, 2.24) is 14.6 Å². The monoisotopic (exact) mass is 350 g/mol. The Morgan fingerprint density at radius 2 is 2.09 bits per heavy atom. The molecule has 1 aromatic carbocycles. The van der Waals surface area contributed by atoms with Gasteiger partial charge in [0, 0.05) is 11.6 Å². The highest BCUT2D eigenvalue weighted by Gasteiger charge is 2.16. The van der Waals surface area contributed by atoms with E-state index < -0.39 is 5.82 Å². The largest absolute Gasteiger partial charge is 0.357 e. The molecule has 0 spiro atoms. The van der Waals surface area contributed by atoms with Crippen molar-refractivity contribution in [1.29, 1.82) is 0 Å². The van der Waals surface area contributed by atoms with Gasteiger partial charge < -0.3 is 5.32 Å². The number of imidazole rings is 1. The molecular formula is C16H16ClFN4S. The van der Waals surface area contributed by atoms with Crippen LogP contribution in [-0.2, 0) is 0 Å². The topological polar surface area (TPSA) is 42.2 Å². The fourth-order valence-corrected chi connectivity index (χ4v) is 4.01. The molecule has 2 heterocycles. The first kappa shape index (κ1) is 14.9. The van der Waals surface area contributed by atoms with Gasteiger partial charge in [-0.1, -0.05) is 42.2 Å². The van der Waals surface area contributed by atoms with Crippen LogP contribution in [0.5, 0.6) is 0 Å². The van der Waals surface area contributed by atoms with Gasteiger partial charge in [-0.2, -0.15) is 0 Å². The van der Waals surface area contributed by atoms with Gasteiger partial charge in [-0.3, -0.25) is 0 Å². The summed E-state index contributed by atoms with van der Waals surface area (Å²) in [5.41, 5.74) is 1.53. The lowest BCUT2D eigenvalue weighted by Crippen LogP contribution is -2.22. The van der Waals surface area contributed by atoms with E-state index in [-0.39, 0.29) is 5.02 Å². The lowest BCUT2D eigenvalue weighted by molar-refractivity contribution is 0.462. The number of anilines is 1. The standard InChI is InChI=1S/C16H16ClFN4S/c17-12-8-10(6-7-13(12)18)14-9-22-16(20-14)23-15(21-22)19-11-4-2-1-3-5-11/h6-9,11H,1-5H2,(H,19,21). The maximum absolute atomic E-state index is 13.3. The number of halogens is 2. The third kappa shape index (κ3) is 3.05. The Morgan fingerprint density at radius 1 is 1.26 bits per heavy atom. The summed E-state index contributed by atoms with van der Waals surface area (Å²) in [4.78, 5) is 5.38. The number of hydrogen-bond acceptors (Lipinski definition) is 4. The van der Waals surface area contributed by atoms with Crippen molar-refractivity contribution in [3.63, 3.8) is 0 Å². The number of fused-ring (bicyclic) bond motifs is 1. The molecule has 1 saturated carbocycles. The SMILES string of the molecule is Fc1ccc(-c2cn3nc(NC4CCCCC4)sc3n2)cc1Cl. The molecule has 2 aromatic heterocycles. The highest BCUT2D eigenvalue weighted by Crippen LogP contribution is 2.28. The Kier molecular flexibility index (Phi) is 3.95. The van der Waals surface area contributed by atoms with Crippen LogP contribution in [0.25, 0.3) is 16.2 Å². The van der Waals surface area contributed by atoms with Crippen molar-refractivity contribution in [2.45, 2.75) is 38.1 Å². The summed E-state index contributed by atoms with van der Waals surface area (Å²) in [7, 11) is 0. The van der Waals surface area contributed by atoms with Crippen LogP contribution in [0.1, 0.15) is 32.1 Å². The van der Waals surface area contributed by atoms with Crippen LogP contribution in [0.15, 0.2) is 24.4 Å². The molecule has 1 N–H and O–H groups in total. The lowest BCUT2D eigenvalue weighted by atomic mass is 9.96. The molecule has 0 saturated heterocycles. The molecule has 4 nitrogen and oxygen atoms in total. The molecule has 120 valence electrons. The summed E-state index contributed by atoms with van der Waals surface area (Å²) in [6.07, 6.45) is 8.18. The number of hydrogen-bond donors (Lipinski definition) is 1. The van der Waals surface area contributed by atoms with Crippen LogP contribution < -0.4 is 5.32 Å². The van der Waals surface area contributed by atoms with Crippen LogP contribution in [0.4, 0.5) is 9.52 Å². The van der Waals surface area contributed by atoms with Crippen molar-refractivity contribution in [2.75, 3.05) is 5.32 Å². The van der Waals surface area contributed by atoms with Gasteiger partial charge in [-0.15, -0.1) is 5.10 Å². The third-order valence-corrected chi connectivity index (χ3v) is 5.33. The first-order valence-electron chi connectivity index (χ1n) is 7.77. The second-order valence-electron chi connectivity index (χ2n) is 5.87. The van der Waals surface area contributed by atoms with E-state index in [1.54, 1.807) is 16.6 Å². The van der Waals surface area contributed by atoms with Gasteiger partial charge in [0.25, 0.3) is 0 Å². The van der Waals surface area contributed by atoms with Gasteiger partial charge in [-0.05, 0) is 31.0 Å². The third-order valence-electron chi connectivity index (χ3n) is 4.19. The van der Waals surface area contributed by atoms with E-state index in [1.807, 2.05) is 6.20 Å². The summed E-state index contributed by atoms with van der Waals surface area (Å²) in [5, 5.41) is 9.06. The molecule has 0 amide bonds. The zero-order chi connectivity index (χ0) is 15.8. The highest BCUT2D eigenvalue weighted by atomic mass is 35.5. The molecule has 0 aliphatic heterocycles. The summed E-state index contributed by atoms with van der Waals surface area (Å²) in [5.74, 6) is -0.423. The predicted octanol–water partition coefficient (Wildman–Crippen LogP) is 4.99. The molecule has 0 unspecified atom stereocenters. The minimum atomic E-state index is -0.423. The van der Waals surface area contributed by atoms with Gasteiger partial charge in [0.05, 0.1) is 16.9 Å². The van der Waals surface area contributed by atoms with Crippen molar-refractivity contribution in [3.8, 4) is 11.3 Å². The van der Waals surface area contributed by atoms with Crippen LogP contribution in [-0.4, -0.2) is 20.6 Å². The van der Waals surface area contributed by atoms with E-state index in [4.69, 9.17) is 11.6 Å². The van der Waals surface area contributed by atoms with Crippen LogP contribution >= 0.6 is 22.9 Å². The molecule has 0 bridgehead atoms. The van der Waals surface area contributed by atoms with Gasteiger partial charge in [0.1, 0.15) is 5.82 Å². The predicted molar refractivity (Wildman–Crippen MR) is 91.8 cm³/mol. The van der Waals surface area contributed by atoms with Gasteiger partial charge >= 0.3 is 0 Å². The molecule has 1 aliphatic carbocycles. The van der Waals surface area contributed by atoms with E-state index in [0.717, 1.165) is 21.3 Å². The van der Waals surface area contributed by atoms with Crippen LogP contribution in [0.3, 0.4) is 0 Å². The molecule has 1 aliphatic rings. The molecule has 23 heavy (non-hydrogen) atoms. The van der Waals surface area contributed by atoms with E-state index in [1.165, 1.54) is 49.5 Å². The molecule has 7 heteroatoms. The van der Waals surface area contributed by atoms with Crippen molar-refractivity contribution >= 4 is 33.0 Å². The van der Waals surface area contributed by atoms with E-state index >= 15 is 0 Å². The Balaban J connectivity index is 1.57. The van der Waals surface area contributed by atoms with Crippen molar-refractivity contribution in [3.05, 3.63) is 35.2 Å². The molecule has 0 atom stereocenters. The number of rotatable bonds is 3. The number of nitrogens with one attached hydrogen (secondary N) is 1. The Labute approximate surface area is 142 Å². The quantitative estimate of drug-likeness (QED) is 0.723. The Morgan fingerprint density at radius 3 is 2.83 bits per heavy atom. The van der Waals surface area contributed by atoms with E-state index in [0.29, 0.717) is 6.04 Å². The smallest absolute Gasteiger partial charge is 0.214 e. The van der Waals surface area contributed by atoms with E-state index in [9.17, 15) is 4.39 Å². The normalized spacial score (nSPS) is 16.1. The number of aromatic nitrogens is 3. The summed E-state index contributed by atoms with van der Waals surface area (Å²) in [6, 6.07) is 5.14. The van der Waals surface area contributed by atoms with E-state index in [2.05, 4.69) is 15.4 Å². The zero-order valence-corrected chi connectivity index (χ0v) is 14.0. The zero-order valence-electron chi connectivity index (χ0n) is 12.4. The minimum absolute atomic E-state index is 0.103. The molecule has 4 rings (SSSR count). The average molecular weight is 351 g/mol. The van der Waals surface area contributed by atoms with Gasteiger partial charge in [0.2, 0.25) is 10.1 Å². The molecule has 1 fully saturated rings. The molecule has 3 aromatic rings. The second kappa shape index (κ2) is 6.09. The van der Waals surface area contributed by atoms with Crippen molar-refractivity contribution < 1.29 is 4.39 Å². The average Bonchev–Trinajstić information content (AvgIpc) is 3.09. The second-order valence-corrected chi connectivity index (χ2v) is 7.23. The summed E-state index contributed by atoms with van der Waals surface area (Å²) < 4.78 is 15.0. The highest BCUT2D eigenvalue weighted by molar-refractivity contribution is 7.20. The maximum atomic E-state index is 13.3. The van der Waals surface area contributed by atoms with Gasteiger partial charge in [-0.25, -0.2) is 13.9 Å². The van der Waals surface area contributed by atoms with Crippen molar-refractivity contribution in [2.24, 2.45) is 0 Å². The summed E-state index contributed by atoms with van der Waals surface area (Å²) in [6.45, 7) is 0. The molecular weight excluding hydrogens is 335 g/mol. The Bertz CT molecular complexity index is 806. The Hall–Kier alpha value is -1.66. The molecule has 0 radical (unpaired) electrons. The first-order chi connectivity index (χ1) is 11.2. The van der Waals surface area contributed by atoms with Gasteiger partial charge in [0.15, 0.2) is 0 Å². The van der Waals surface area contributed by atoms with Crippen LogP contribution in [0, 0.1) is 5.82 Å².